The van der Waals surface area contributed by atoms with Crippen molar-refractivity contribution in [3.63, 3.8) is 0 Å². The van der Waals surface area contributed by atoms with Crippen molar-refractivity contribution < 1.29 is 18.7 Å². The molecule has 0 N–H and O–H groups in total. The van der Waals surface area contributed by atoms with Crippen molar-refractivity contribution in [2.24, 2.45) is 5.92 Å². The molecule has 0 aliphatic carbocycles. The van der Waals surface area contributed by atoms with Gasteiger partial charge >= 0.3 is 0 Å². The summed E-state index contributed by atoms with van der Waals surface area (Å²) < 4.78 is 19.7. The van der Waals surface area contributed by atoms with Crippen molar-refractivity contribution in [2.75, 3.05) is 42.5 Å². The summed E-state index contributed by atoms with van der Waals surface area (Å²) in [4.78, 5) is 31.1. The van der Waals surface area contributed by atoms with Crippen LogP contribution in [-0.4, -0.2) is 55.5 Å². The van der Waals surface area contributed by atoms with Crippen molar-refractivity contribution in [1.29, 1.82) is 0 Å². The maximum absolute atomic E-state index is 14.0. The molecule has 4 rings (SSSR count). The Morgan fingerprint density at radius 2 is 1.71 bits per heavy atom. The Labute approximate surface area is 182 Å². The van der Waals surface area contributed by atoms with Crippen LogP contribution < -0.4 is 14.5 Å². The molecular formula is C24H28FN3O3. The number of amides is 2. The first-order valence-corrected chi connectivity index (χ1v) is 10.8. The first-order valence-electron chi connectivity index (χ1n) is 10.8. The van der Waals surface area contributed by atoms with Gasteiger partial charge in [0.2, 0.25) is 11.8 Å². The minimum atomic E-state index is -0.348. The van der Waals surface area contributed by atoms with Crippen LogP contribution in [0.2, 0.25) is 0 Å². The molecule has 2 aromatic carbocycles. The molecular weight excluding hydrogens is 397 g/mol. The van der Waals surface area contributed by atoms with E-state index in [9.17, 15) is 14.0 Å². The molecule has 2 aromatic rings. The zero-order chi connectivity index (χ0) is 22.0. The molecule has 2 amide bonds. The molecule has 0 bridgehead atoms. The maximum atomic E-state index is 14.0. The monoisotopic (exact) mass is 425 g/mol. The Morgan fingerprint density at radius 1 is 1.03 bits per heavy atom. The van der Waals surface area contributed by atoms with Gasteiger partial charge in [-0.25, -0.2) is 4.39 Å². The fourth-order valence-corrected chi connectivity index (χ4v) is 4.23. The van der Waals surface area contributed by atoms with Gasteiger partial charge in [0.25, 0.3) is 0 Å². The first kappa shape index (κ1) is 21.2. The van der Waals surface area contributed by atoms with Crippen LogP contribution in [0.1, 0.15) is 20.3 Å². The quantitative estimate of drug-likeness (QED) is 0.738. The van der Waals surface area contributed by atoms with Gasteiger partial charge in [0.15, 0.2) is 0 Å². The predicted molar refractivity (Wildman–Crippen MR) is 118 cm³/mol. The van der Waals surface area contributed by atoms with Gasteiger partial charge in [-0.15, -0.1) is 0 Å². The van der Waals surface area contributed by atoms with Gasteiger partial charge in [-0.1, -0.05) is 12.1 Å². The molecule has 0 saturated carbocycles. The van der Waals surface area contributed by atoms with Gasteiger partial charge in [-0.2, -0.15) is 0 Å². The predicted octanol–water partition coefficient (Wildman–Crippen LogP) is 3.31. The van der Waals surface area contributed by atoms with E-state index in [2.05, 4.69) is 0 Å². The highest BCUT2D eigenvalue weighted by atomic mass is 19.1. The van der Waals surface area contributed by atoms with E-state index in [0.29, 0.717) is 38.4 Å². The van der Waals surface area contributed by atoms with Gasteiger partial charge in [-0.05, 0) is 50.2 Å². The summed E-state index contributed by atoms with van der Waals surface area (Å²) in [5, 5.41) is 0. The number of para-hydroxylation sites is 1. The molecule has 2 fully saturated rings. The Balaban J connectivity index is 1.35. The summed E-state index contributed by atoms with van der Waals surface area (Å²) in [6.45, 7) is 6.52. The molecule has 6 nitrogen and oxygen atoms in total. The highest BCUT2D eigenvalue weighted by molar-refractivity contribution is 6.00. The number of hydrogen-bond donors (Lipinski definition) is 0. The zero-order valence-electron chi connectivity index (χ0n) is 18.0. The normalized spacial score (nSPS) is 19.3. The number of carbonyl (C=O) groups is 2. The maximum Gasteiger partial charge on any atom is 0.228 e. The third-order valence-corrected chi connectivity index (χ3v) is 5.78. The summed E-state index contributed by atoms with van der Waals surface area (Å²) in [6.07, 6.45) is 0.302. The lowest BCUT2D eigenvalue weighted by molar-refractivity contribution is -0.136. The standard InChI is InChI=1S/C24H28FN3O3/c1-17(2)31-20-9-7-19(8-10-20)28-16-18(15-23(28)29)24(30)27-13-11-26(12-14-27)22-6-4-3-5-21(22)25/h3-10,17-18H,11-16H2,1-2H3/t18-/m0/s1. The molecule has 1 atom stereocenters. The van der Waals surface area contributed by atoms with Crippen molar-refractivity contribution in [3.8, 4) is 5.75 Å². The Hall–Kier alpha value is -3.09. The second-order valence-corrected chi connectivity index (χ2v) is 8.33. The highest BCUT2D eigenvalue weighted by Gasteiger charge is 2.38. The molecule has 7 heteroatoms. The summed E-state index contributed by atoms with van der Waals surface area (Å²) in [5.41, 5.74) is 1.35. The molecule has 2 heterocycles. The number of piperazine rings is 1. The van der Waals surface area contributed by atoms with E-state index in [4.69, 9.17) is 4.74 Å². The van der Waals surface area contributed by atoms with Gasteiger partial charge in [-0.3, -0.25) is 9.59 Å². The number of carbonyl (C=O) groups excluding carboxylic acids is 2. The smallest absolute Gasteiger partial charge is 0.228 e. The van der Waals surface area contributed by atoms with Crippen LogP contribution in [0.3, 0.4) is 0 Å². The average molecular weight is 426 g/mol. The molecule has 0 spiro atoms. The van der Waals surface area contributed by atoms with Gasteiger partial charge in [0.05, 0.1) is 17.7 Å². The SMILES string of the molecule is CC(C)Oc1ccc(N2C[C@@H](C(=O)N3CCN(c4ccccc4F)CC3)CC2=O)cc1. The Bertz CT molecular complexity index is 939. The minimum Gasteiger partial charge on any atom is -0.491 e. The number of hydrogen-bond acceptors (Lipinski definition) is 4. The first-order chi connectivity index (χ1) is 14.9. The molecule has 0 radical (unpaired) electrons. The van der Waals surface area contributed by atoms with Crippen LogP contribution in [0.25, 0.3) is 0 Å². The largest absolute Gasteiger partial charge is 0.491 e. The van der Waals surface area contributed by atoms with Crippen LogP contribution in [0.4, 0.5) is 15.8 Å². The lowest BCUT2D eigenvalue weighted by Crippen LogP contribution is -2.51. The number of halogens is 1. The second kappa shape index (κ2) is 8.96. The van der Waals surface area contributed by atoms with Gasteiger partial charge in [0, 0.05) is 44.8 Å². The second-order valence-electron chi connectivity index (χ2n) is 8.33. The lowest BCUT2D eigenvalue weighted by atomic mass is 10.1. The Morgan fingerprint density at radius 3 is 2.35 bits per heavy atom. The highest BCUT2D eigenvalue weighted by Crippen LogP contribution is 2.29. The number of ether oxygens (including phenoxy) is 1. The molecule has 2 aliphatic heterocycles. The van der Waals surface area contributed by atoms with E-state index in [1.165, 1.54) is 6.07 Å². The number of benzene rings is 2. The summed E-state index contributed by atoms with van der Waals surface area (Å²) in [5.74, 6) is 0.124. The third kappa shape index (κ3) is 4.65. The van der Waals surface area contributed by atoms with Crippen LogP contribution >= 0.6 is 0 Å². The van der Waals surface area contributed by atoms with E-state index in [0.717, 1.165) is 11.4 Å². The van der Waals surface area contributed by atoms with Crippen molar-refractivity contribution in [2.45, 2.75) is 26.4 Å². The summed E-state index contributed by atoms with van der Waals surface area (Å²) in [6, 6.07) is 14.1. The fourth-order valence-electron chi connectivity index (χ4n) is 4.23. The van der Waals surface area contributed by atoms with E-state index >= 15 is 0 Å². The molecule has 2 aliphatic rings. The van der Waals surface area contributed by atoms with Crippen LogP contribution in [0, 0.1) is 11.7 Å². The molecule has 2 saturated heterocycles. The molecule has 31 heavy (non-hydrogen) atoms. The molecule has 0 aromatic heterocycles. The minimum absolute atomic E-state index is 0.00351. The van der Waals surface area contributed by atoms with E-state index in [1.807, 2.05) is 49.1 Å². The molecule has 164 valence electrons. The number of nitrogens with zero attached hydrogens (tertiary/aromatic N) is 3. The topological polar surface area (TPSA) is 53.1 Å². The van der Waals surface area contributed by atoms with Crippen molar-refractivity contribution >= 4 is 23.2 Å². The van der Waals surface area contributed by atoms with Crippen LogP contribution in [0.15, 0.2) is 48.5 Å². The van der Waals surface area contributed by atoms with Gasteiger partial charge in [0.1, 0.15) is 11.6 Å². The fraction of sp³-hybridized carbons (Fsp3) is 0.417. The van der Waals surface area contributed by atoms with Crippen molar-refractivity contribution in [3.05, 3.63) is 54.3 Å². The van der Waals surface area contributed by atoms with Crippen LogP contribution in [-0.2, 0) is 9.59 Å². The Kier molecular flexibility index (Phi) is 6.11. The number of anilines is 2. The third-order valence-electron chi connectivity index (χ3n) is 5.78. The summed E-state index contributed by atoms with van der Waals surface area (Å²) in [7, 11) is 0. The summed E-state index contributed by atoms with van der Waals surface area (Å²) >= 11 is 0. The van der Waals surface area contributed by atoms with E-state index in [1.54, 1.807) is 21.9 Å². The van der Waals surface area contributed by atoms with Gasteiger partial charge < -0.3 is 19.4 Å². The van der Waals surface area contributed by atoms with E-state index in [-0.39, 0.29) is 36.1 Å². The van der Waals surface area contributed by atoms with Crippen LogP contribution in [0.5, 0.6) is 5.75 Å². The molecule has 0 unspecified atom stereocenters. The number of rotatable bonds is 5. The van der Waals surface area contributed by atoms with Crippen molar-refractivity contribution in [1.82, 2.24) is 4.90 Å². The lowest BCUT2D eigenvalue weighted by Gasteiger charge is -2.37. The average Bonchev–Trinajstić information content (AvgIpc) is 3.15. The van der Waals surface area contributed by atoms with E-state index < -0.39 is 0 Å². The zero-order valence-corrected chi connectivity index (χ0v) is 18.0.